The summed E-state index contributed by atoms with van der Waals surface area (Å²) in [6, 6.07) is 5.60. The van der Waals surface area contributed by atoms with Crippen LogP contribution in [0.1, 0.15) is 36.5 Å². The Bertz CT molecular complexity index is 436. The van der Waals surface area contributed by atoms with Crippen molar-refractivity contribution < 1.29 is 13.9 Å². The van der Waals surface area contributed by atoms with Gasteiger partial charge in [-0.05, 0) is 51.1 Å². The summed E-state index contributed by atoms with van der Waals surface area (Å²) in [7, 11) is 0. The highest BCUT2D eigenvalue weighted by Crippen LogP contribution is 2.11. The van der Waals surface area contributed by atoms with E-state index < -0.39 is 11.8 Å². The molecular formula is C15H21ClFNO2. The highest BCUT2D eigenvalue weighted by Gasteiger charge is 2.17. The van der Waals surface area contributed by atoms with Crippen LogP contribution in [0.25, 0.3) is 0 Å². The molecule has 2 rings (SSSR count). The van der Waals surface area contributed by atoms with Crippen molar-refractivity contribution in [2.24, 2.45) is 0 Å². The van der Waals surface area contributed by atoms with Crippen LogP contribution in [0.15, 0.2) is 24.3 Å². The molecule has 1 aliphatic rings. The van der Waals surface area contributed by atoms with Gasteiger partial charge in [-0.3, -0.25) is 4.90 Å². The Balaban J connectivity index is 0.00000200. The molecule has 1 aromatic rings. The molecule has 0 amide bonds. The Labute approximate surface area is 125 Å². The Morgan fingerprint density at radius 3 is 2.70 bits per heavy atom. The molecular weight excluding hydrogens is 281 g/mol. The topological polar surface area (TPSA) is 29.5 Å². The number of piperidine rings is 1. The van der Waals surface area contributed by atoms with Crippen LogP contribution < -0.4 is 0 Å². The Kier molecular flexibility index (Phi) is 6.96. The zero-order chi connectivity index (χ0) is 13.7. The van der Waals surface area contributed by atoms with E-state index in [1.165, 1.54) is 37.5 Å². The third-order valence-electron chi connectivity index (χ3n) is 3.33. The van der Waals surface area contributed by atoms with Gasteiger partial charge in [0.1, 0.15) is 11.9 Å². The molecule has 1 unspecified atom stereocenters. The van der Waals surface area contributed by atoms with Crippen LogP contribution in [-0.2, 0) is 4.74 Å². The lowest BCUT2D eigenvalue weighted by Gasteiger charge is -2.28. The maximum Gasteiger partial charge on any atom is 0.338 e. The lowest BCUT2D eigenvalue weighted by atomic mass is 10.1. The second-order valence-corrected chi connectivity index (χ2v) is 5.09. The van der Waals surface area contributed by atoms with E-state index in [1.807, 2.05) is 6.92 Å². The fourth-order valence-electron chi connectivity index (χ4n) is 2.41. The number of nitrogens with zero attached hydrogens (tertiary/aromatic N) is 1. The van der Waals surface area contributed by atoms with Gasteiger partial charge in [0.15, 0.2) is 0 Å². The Hall–Kier alpha value is -1.13. The van der Waals surface area contributed by atoms with Gasteiger partial charge >= 0.3 is 5.97 Å². The molecule has 1 saturated heterocycles. The minimum absolute atomic E-state index is 0. The van der Waals surface area contributed by atoms with E-state index in [-0.39, 0.29) is 24.1 Å². The summed E-state index contributed by atoms with van der Waals surface area (Å²) < 4.78 is 18.4. The number of esters is 1. The van der Waals surface area contributed by atoms with Crippen molar-refractivity contribution in [3.05, 3.63) is 35.6 Å². The molecule has 112 valence electrons. The average Bonchev–Trinajstić information content (AvgIpc) is 2.39. The maximum atomic E-state index is 13.0. The molecule has 5 heteroatoms. The predicted octanol–water partition coefficient (Wildman–Crippen LogP) is 3.28. The largest absolute Gasteiger partial charge is 0.458 e. The van der Waals surface area contributed by atoms with E-state index in [1.54, 1.807) is 6.07 Å². The van der Waals surface area contributed by atoms with Crippen molar-refractivity contribution in [1.29, 1.82) is 0 Å². The normalized spacial score (nSPS) is 17.1. The van der Waals surface area contributed by atoms with E-state index in [0.717, 1.165) is 19.6 Å². The number of carbonyl (C=O) groups is 1. The molecule has 0 N–H and O–H groups in total. The van der Waals surface area contributed by atoms with Gasteiger partial charge in [-0.2, -0.15) is 0 Å². The highest BCUT2D eigenvalue weighted by molar-refractivity contribution is 5.89. The van der Waals surface area contributed by atoms with Crippen molar-refractivity contribution in [2.45, 2.75) is 32.3 Å². The van der Waals surface area contributed by atoms with Crippen LogP contribution in [0, 0.1) is 5.82 Å². The number of hydrogen-bond acceptors (Lipinski definition) is 3. The summed E-state index contributed by atoms with van der Waals surface area (Å²) in [5, 5.41) is 0. The van der Waals surface area contributed by atoms with E-state index in [9.17, 15) is 9.18 Å². The Morgan fingerprint density at radius 1 is 1.35 bits per heavy atom. The molecule has 1 fully saturated rings. The molecule has 1 atom stereocenters. The summed E-state index contributed by atoms with van der Waals surface area (Å²) in [6.07, 6.45) is 3.54. The molecule has 0 radical (unpaired) electrons. The van der Waals surface area contributed by atoms with Crippen molar-refractivity contribution in [1.82, 2.24) is 4.90 Å². The summed E-state index contributed by atoms with van der Waals surface area (Å²) in [4.78, 5) is 14.2. The summed E-state index contributed by atoms with van der Waals surface area (Å²) in [6.45, 7) is 4.77. The molecule has 0 saturated carbocycles. The molecule has 0 aliphatic carbocycles. The van der Waals surface area contributed by atoms with Gasteiger partial charge in [0.05, 0.1) is 5.56 Å². The predicted molar refractivity (Wildman–Crippen MR) is 78.8 cm³/mol. The molecule has 0 bridgehead atoms. The van der Waals surface area contributed by atoms with Crippen molar-refractivity contribution in [2.75, 3.05) is 19.6 Å². The van der Waals surface area contributed by atoms with Crippen LogP contribution in [0.5, 0.6) is 0 Å². The van der Waals surface area contributed by atoms with Crippen molar-refractivity contribution in [3.63, 3.8) is 0 Å². The number of hydrogen-bond donors (Lipinski definition) is 0. The molecule has 1 aliphatic heterocycles. The minimum atomic E-state index is -0.455. The zero-order valence-electron chi connectivity index (χ0n) is 11.7. The fourth-order valence-corrected chi connectivity index (χ4v) is 2.41. The van der Waals surface area contributed by atoms with Crippen LogP contribution in [0.3, 0.4) is 0 Å². The van der Waals surface area contributed by atoms with E-state index in [4.69, 9.17) is 4.74 Å². The summed E-state index contributed by atoms with van der Waals surface area (Å²) in [5.41, 5.74) is 0.269. The second-order valence-electron chi connectivity index (χ2n) is 5.09. The van der Waals surface area contributed by atoms with Gasteiger partial charge in [0.25, 0.3) is 0 Å². The van der Waals surface area contributed by atoms with E-state index in [2.05, 4.69) is 4.90 Å². The molecule has 20 heavy (non-hydrogen) atoms. The summed E-state index contributed by atoms with van der Waals surface area (Å²) >= 11 is 0. The van der Waals surface area contributed by atoms with Gasteiger partial charge in [-0.1, -0.05) is 12.5 Å². The van der Waals surface area contributed by atoms with E-state index >= 15 is 0 Å². The standard InChI is InChI=1S/C15H20FNO2.ClH/c1-12(11-17-8-3-2-4-9-17)19-15(18)13-6-5-7-14(16)10-13;/h5-7,10,12H,2-4,8-9,11H2,1H3;1H. The lowest BCUT2D eigenvalue weighted by Crippen LogP contribution is -2.37. The fraction of sp³-hybridized carbons (Fsp3) is 0.533. The average molecular weight is 302 g/mol. The number of likely N-dealkylation sites (tertiary alicyclic amines) is 1. The lowest BCUT2D eigenvalue weighted by molar-refractivity contribution is 0.0235. The first-order valence-electron chi connectivity index (χ1n) is 6.84. The van der Waals surface area contributed by atoms with Crippen LogP contribution in [0.2, 0.25) is 0 Å². The highest BCUT2D eigenvalue weighted by atomic mass is 35.5. The SMILES string of the molecule is CC(CN1CCCCC1)OC(=O)c1cccc(F)c1.Cl. The number of benzene rings is 1. The smallest absolute Gasteiger partial charge is 0.338 e. The molecule has 1 heterocycles. The van der Waals surface area contributed by atoms with Crippen molar-refractivity contribution in [3.8, 4) is 0 Å². The maximum absolute atomic E-state index is 13.0. The third-order valence-corrected chi connectivity index (χ3v) is 3.33. The zero-order valence-corrected chi connectivity index (χ0v) is 12.5. The van der Waals surface area contributed by atoms with Gasteiger partial charge in [0, 0.05) is 6.54 Å². The first-order valence-corrected chi connectivity index (χ1v) is 6.84. The summed E-state index contributed by atoms with van der Waals surface area (Å²) in [5.74, 6) is -0.873. The van der Waals surface area contributed by atoms with Gasteiger partial charge in [-0.15, -0.1) is 12.4 Å². The van der Waals surface area contributed by atoms with Crippen molar-refractivity contribution >= 4 is 18.4 Å². The second kappa shape index (κ2) is 8.22. The number of carbonyl (C=O) groups excluding carboxylic acids is 1. The van der Waals surface area contributed by atoms with Gasteiger partial charge in [-0.25, -0.2) is 9.18 Å². The number of ether oxygens (including phenoxy) is 1. The molecule has 0 aromatic heterocycles. The van der Waals surface area contributed by atoms with Gasteiger partial charge in [0.2, 0.25) is 0 Å². The molecule has 0 spiro atoms. The minimum Gasteiger partial charge on any atom is -0.458 e. The van der Waals surface area contributed by atoms with Crippen LogP contribution >= 0.6 is 12.4 Å². The quantitative estimate of drug-likeness (QED) is 0.799. The van der Waals surface area contributed by atoms with Crippen LogP contribution in [0.4, 0.5) is 4.39 Å². The monoisotopic (exact) mass is 301 g/mol. The first kappa shape index (κ1) is 16.9. The third kappa shape index (κ3) is 5.10. The van der Waals surface area contributed by atoms with E-state index in [0.29, 0.717) is 0 Å². The van der Waals surface area contributed by atoms with Crippen LogP contribution in [-0.4, -0.2) is 36.6 Å². The number of rotatable bonds is 4. The molecule has 1 aromatic carbocycles. The number of halogens is 2. The van der Waals surface area contributed by atoms with Gasteiger partial charge < -0.3 is 4.74 Å². The first-order chi connectivity index (χ1) is 9.15. The Morgan fingerprint density at radius 2 is 2.05 bits per heavy atom. The molecule has 3 nitrogen and oxygen atoms in total.